The van der Waals surface area contributed by atoms with Crippen molar-refractivity contribution in [3.8, 4) is 0 Å². The number of rotatable bonds is 4. The number of thioether (sulfide) groups is 1. The van der Waals surface area contributed by atoms with E-state index in [2.05, 4.69) is 5.32 Å². The number of carbonyl (C=O) groups excluding carboxylic acids is 1. The lowest BCUT2D eigenvalue weighted by Gasteiger charge is -2.29. The van der Waals surface area contributed by atoms with Crippen LogP contribution in [-0.4, -0.2) is 30.4 Å². The van der Waals surface area contributed by atoms with E-state index >= 15 is 0 Å². The summed E-state index contributed by atoms with van der Waals surface area (Å²) < 4.78 is 4.86. The number of allylic oxidation sites excluding steroid dienone is 2. The van der Waals surface area contributed by atoms with Crippen LogP contribution in [0.2, 0.25) is 0 Å². The first-order valence-corrected chi connectivity index (χ1v) is 8.27. The van der Waals surface area contributed by atoms with E-state index in [-0.39, 0.29) is 5.57 Å². The van der Waals surface area contributed by atoms with Gasteiger partial charge in [-0.2, -0.15) is 0 Å². The molecule has 0 fully saturated rings. The van der Waals surface area contributed by atoms with Crippen LogP contribution in [0.1, 0.15) is 25.3 Å². The van der Waals surface area contributed by atoms with Gasteiger partial charge in [-0.05, 0) is 37.8 Å². The molecule has 0 aromatic heterocycles. The third kappa shape index (κ3) is 3.27. The molecule has 1 aliphatic rings. The van der Waals surface area contributed by atoms with Crippen LogP contribution in [-0.2, 0) is 14.3 Å². The molecule has 1 atom stereocenters. The molecule has 1 heterocycles. The van der Waals surface area contributed by atoms with Gasteiger partial charge in [0, 0.05) is 16.3 Å². The molecule has 0 amide bonds. The average molecular weight is 333 g/mol. The van der Waals surface area contributed by atoms with Gasteiger partial charge in [0.2, 0.25) is 0 Å². The number of esters is 1. The molecular weight excluding hydrogens is 314 g/mol. The second kappa shape index (κ2) is 6.91. The minimum atomic E-state index is -1.05. The fourth-order valence-electron chi connectivity index (χ4n) is 2.79. The predicted octanol–water partition coefficient (Wildman–Crippen LogP) is 2.90. The van der Waals surface area contributed by atoms with E-state index in [0.29, 0.717) is 17.0 Å². The van der Waals surface area contributed by atoms with E-state index in [1.54, 1.807) is 25.6 Å². The van der Waals surface area contributed by atoms with Crippen molar-refractivity contribution >= 4 is 23.7 Å². The Kier molecular flexibility index (Phi) is 5.15. The molecule has 1 aromatic carbocycles. The first-order chi connectivity index (χ1) is 10.9. The van der Waals surface area contributed by atoms with Crippen molar-refractivity contribution in [3.63, 3.8) is 0 Å². The Morgan fingerprint density at radius 1 is 1.13 bits per heavy atom. The van der Waals surface area contributed by atoms with E-state index in [4.69, 9.17) is 4.74 Å². The van der Waals surface area contributed by atoms with E-state index in [1.807, 2.05) is 30.5 Å². The second-order valence-electron chi connectivity index (χ2n) is 5.21. The van der Waals surface area contributed by atoms with Crippen molar-refractivity contribution < 1.29 is 19.4 Å². The number of nitrogens with one attached hydrogen (secondary N) is 1. The molecular formula is C17H19NO4S. The summed E-state index contributed by atoms with van der Waals surface area (Å²) in [5.41, 5.74) is 2.38. The Hall–Kier alpha value is -2.21. The summed E-state index contributed by atoms with van der Waals surface area (Å²) in [6.07, 6.45) is 1.97. The van der Waals surface area contributed by atoms with Crippen molar-refractivity contribution in [3.05, 3.63) is 52.4 Å². The molecule has 23 heavy (non-hydrogen) atoms. The Labute approximate surface area is 139 Å². The van der Waals surface area contributed by atoms with Crippen LogP contribution in [0.4, 0.5) is 0 Å². The highest BCUT2D eigenvalue weighted by molar-refractivity contribution is 7.98. The maximum Gasteiger partial charge on any atom is 0.336 e. The van der Waals surface area contributed by atoms with E-state index < -0.39 is 17.9 Å². The smallest absolute Gasteiger partial charge is 0.336 e. The molecule has 2 N–H and O–H groups in total. The lowest BCUT2D eigenvalue weighted by Crippen LogP contribution is -2.31. The summed E-state index contributed by atoms with van der Waals surface area (Å²) in [4.78, 5) is 25.0. The third-order valence-electron chi connectivity index (χ3n) is 3.85. The zero-order chi connectivity index (χ0) is 17.1. The first kappa shape index (κ1) is 17.1. The zero-order valence-electron chi connectivity index (χ0n) is 13.5. The topological polar surface area (TPSA) is 75.6 Å². The number of aliphatic carboxylic acids is 1. The van der Waals surface area contributed by atoms with Gasteiger partial charge in [0.15, 0.2) is 0 Å². The van der Waals surface area contributed by atoms with Gasteiger partial charge in [0.1, 0.15) is 0 Å². The highest BCUT2D eigenvalue weighted by Crippen LogP contribution is 2.39. The Balaban J connectivity index is 2.63. The van der Waals surface area contributed by atoms with Gasteiger partial charge in [-0.25, -0.2) is 9.59 Å². The first-order valence-electron chi connectivity index (χ1n) is 7.04. The van der Waals surface area contributed by atoms with Crippen molar-refractivity contribution in [1.29, 1.82) is 0 Å². The monoisotopic (exact) mass is 333 g/mol. The molecule has 1 aliphatic heterocycles. The van der Waals surface area contributed by atoms with Gasteiger partial charge in [-0.15, -0.1) is 11.8 Å². The quantitative estimate of drug-likeness (QED) is 0.652. The molecule has 0 radical (unpaired) electrons. The summed E-state index contributed by atoms with van der Waals surface area (Å²) in [6.45, 7) is 3.45. The maximum absolute atomic E-state index is 12.2. The highest BCUT2D eigenvalue weighted by Gasteiger charge is 2.36. The Morgan fingerprint density at radius 3 is 2.17 bits per heavy atom. The molecule has 0 bridgehead atoms. The van der Waals surface area contributed by atoms with Gasteiger partial charge in [0.25, 0.3) is 0 Å². The van der Waals surface area contributed by atoms with Crippen molar-refractivity contribution in [2.45, 2.75) is 24.7 Å². The van der Waals surface area contributed by atoms with Crippen LogP contribution in [0.5, 0.6) is 0 Å². The number of carboxylic acids is 1. The SMILES string of the molecule is COC(=O)C1=C(C)NC(C)=C(C(=O)O)C1c1ccc(SC)cc1. The number of hydrogen-bond donors (Lipinski definition) is 2. The third-order valence-corrected chi connectivity index (χ3v) is 4.59. The number of ether oxygens (including phenoxy) is 1. The lowest BCUT2D eigenvalue weighted by atomic mass is 9.80. The highest BCUT2D eigenvalue weighted by atomic mass is 32.2. The molecule has 5 nitrogen and oxygen atoms in total. The van der Waals surface area contributed by atoms with E-state index in [0.717, 1.165) is 10.5 Å². The standard InChI is InChI=1S/C17H19NO4S/c1-9-13(16(19)20)15(11-5-7-12(23-4)8-6-11)14(10(2)18-9)17(21)22-3/h5-8,15,18H,1-4H3,(H,19,20). The van der Waals surface area contributed by atoms with Gasteiger partial charge in [-0.1, -0.05) is 12.1 Å². The molecule has 0 aliphatic carbocycles. The molecule has 0 saturated carbocycles. The van der Waals surface area contributed by atoms with Gasteiger partial charge in [0.05, 0.1) is 24.2 Å². The second-order valence-corrected chi connectivity index (χ2v) is 6.08. The van der Waals surface area contributed by atoms with E-state index in [1.165, 1.54) is 7.11 Å². The number of carboxylic acid groups (broad SMARTS) is 1. The molecule has 122 valence electrons. The summed E-state index contributed by atoms with van der Waals surface area (Å²) in [7, 11) is 1.29. The summed E-state index contributed by atoms with van der Waals surface area (Å²) >= 11 is 1.60. The molecule has 1 aromatic rings. The normalized spacial score (nSPS) is 17.8. The molecule has 0 saturated heterocycles. The van der Waals surface area contributed by atoms with Gasteiger partial charge in [-0.3, -0.25) is 0 Å². The molecule has 0 spiro atoms. The van der Waals surface area contributed by atoms with Crippen molar-refractivity contribution in [1.82, 2.24) is 5.32 Å². The fourth-order valence-corrected chi connectivity index (χ4v) is 3.20. The van der Waals surface area contributed by atoms with Gasteiger partial charge < -0.3 is 15.2 Å². The van der Waals surface area contributed by atoms with Gasteiger partial charge >= 0.3 is 11.9 Å². The van der Waals surface area contributed by atoms with Crippen molar-refractivity contribution in [2.75, 3.05) is 13.4 Å². The summed E-state index contributed by atoms with van der Waals surface area (Å²) in [5, 5.41) is 12.6. The minimum Gasteiger partial charge on any atom is -0.478 e. The number of benzene rings is 1. The summed E-state index contributed by atoms with van der Waals surface area (Å²) in [5.74, 6) is -2.24. The zero-order valence-corrected chi connectivity index (χ0v) is 14.3. The number of carbonyl (C=O) groups is 2. The lowest BCUT2D eigenvalue weighted by molar-refractivity contribution is -0.136. The van der Waals surface area contributed by atoms with Crippen LogP contribution < -0.4 is 5.32 Å². The van der Waals surface area contributed by atoms with Crippen molar-refractivity contribution in [2.24, 2.45) is 0 Å². The van der Waals surface area contributed by atoms with Crippen LogP contribution in [0.3, 0.4) is 0 Å². The van der Waals surface area contributed by atoms with Crippen LogP contribution in [0.25, 0.3) is 0 Å². The minimum absolute atomic E-state index is 0.160. The largest absolute Gasteiger partial charge is 0.478 e. The predicted molar refractivity (Wildman–Crippen MR) is 89.2 cm³/mol. The molecule has 6 heteroatoms. The average Bonchev–Trinajstić information content (AvgIpc) is 2.53. The molecule has 2 rings (SSSR count). The number of dihydropyridines is 1. The van der Waals surface area contributed by atoms with Crippen LogP contribution in [0, 0.1) is 0 Å². The number of methoxy groups -OCH3 is 1. The van der Waals surface area contributed by atoms with E-state index in [9.17, 15) is 14.7 Å². The number of hydrogen-bond acceptors (Lipinski definition) is 5. The van der Waals surface area contributed by atoms with Crippen LogP contribution >= 0.6 is 11.8 Å². The van der Waals surface area contributed by atoms with Crippen LogP contribution in [0.15, 0.2) is 51.7 Å². The summed E-state index contributed by atoms with van der Waals surface area (Å²) in [6, 6.07) is 7.55. The Morgan fingerprint density at radius 2 is 1.70 bits per heavy atom. The fraction of sp³-hybridized carbons (Fsp3) is 0.294. The maximum atomic E-state index is 12.2. The molecule has 1 unspecified atom stereocenters. The Bertz CT molecular complexity index is 704.